The molecule has 1 aromatic rings. The third-order valence-corrected chi connectivity index (χ3v) is 2.35. The minimum absolute atomic E-state index is 0.245. The van der Waals surface area contributed by atoms with Gasteiger partial charge in [-0.1, -0.05) is 13.0 Å². The second-order valence-electron chi connectivity index (χ2n) is 3.52. The zero-order valence-electron chi connectivity index (χ0n) is 9.93. The molecule has 0 aliphatic carbocycles. The molecule has 0 aromatic carbocycles. The third-order valence-electron chi connectivity index (χ3n) is 2.35. The number of amides is 1. The minimum atomic E-state index is -0.582. The third kappa shape index (κ3) is 3.76. The zero-order chi connectivity index (χ0) is 12.7. The molecule has 17 heavy (non-hydrogen) atoms. The van der Waals surface area contributed by atoms with Gasteiger partial charge in [-0.2, -0.15) is 5.26 Å². The van der Waals surface area contributed by atoms with E-state index in [1.165, 1.54) is 0 Å². The summed E-state index contributed by atoms with van der Waals surface area (Å²) >= 11 is 0. The highest BCUT2D eigenvalue weighted by Gasteiger charge is 2.14. The molecular formula is C12H15N3O2. The fourth-order valence-electron chi connectivity index (χ4n) is 1.28. The number of ether oxygens (including phenoxy) is 1. The Balaban J connectivity index is 2.50. The predicted molar refractivity (Wildman–Crippen MR) is 62.0 cm³/mol. The first-order valence-corrected chi connectivity index (χ1v) is 5.37. The Morgan fingerprint density at radius 2 is 2.41 bits per heavy atom. The van der Waals surface area contributed by atoms with E-state index in [-0.39, 0.29) is 5.91 Å². The number of carbonyl (C=O) groups is 1. The lowest BCUT2D eigenvalue weighted by Gasteiger charge is -2.08. The Hall–Kier alpha value is -2.09. The topological polar surface area (TPSA) is 75.0 Å². The molecule has 1 unspecified atom stereocenters. The van der Waals surface area contributed by atoms with Crippen LogP contribution in [0.25, 0.3) is 0 Å². The van der Waals surface area contributed by atoms with Crippen LogP contribution in [0.5, 0.6) is 5.88 Å². The fraction of sp³-hybridized carbons (Fsp3) is 0.417. The first-order chi connectivity index (χ1) is 8.21. The Kier molecular flexibility index (Phi) is 4.95. The summed E-state index contributed by atoms with van der Waals surface area (Å²) in [5.41, 5.74) is 0.868. The van der Waals surface area contributed by atoms with E-state index >= 15 is 0 Å². The Labute approximate surface area is 100 Å². The Morgan fingerprint density at radius 1 is 1.65 bits per heavy atom. The second-order valence-corrected chi connectivity index (χ2v) is 3.52. The highest BCUT2D eigenvalue weighted by molar-refractivity contribution is 5.80. The van der Waals surface area contributed by atoms with E-state index in [2.05, 4.69) is 10.3 Å². The molecule has 0 saturated heterocycles. The summed E-state index contributed by atoms with van der Waals surface area (Å²) in [4.78, 5) is 15.5. The van der Waals surface area contributed by atoms with Gasteiger partial charge in [0.1, 0.15) is 5.92 Å². The van der Waals surface area contributed by atoms with Crippen LogP contribution in [-0.4, -0.2) is 18.0 Å². The molecule has 90 valence electrons. The van der Waals surface area contributed by atoms with E-state index < -0.39 is 5.92 Å². The molecule has 0 aliphatic heterocycles. The van der Waals surface area contributed by atoms with Gasteiger partial charge in [0.15, 0.2) is 0 Å². The molecule has 5 nitrogen and oxygen atoms in total. The van der Waals surface area contributed by atoms with E-state index in [4.69, 9.17) is 10.00 Å². The van der Waals surface area contributed by atoms with Crippen LogP contribution in [0.2, 0.25) is 0 Å². The average molecular weight is 233 g/mol. The van der Waals surface area contributed by atoms with Crippen LogP contribution < -0.4 is 10.1 Å². The van der Waals surface area contributed by atoms with Gasteiger partial charge in [-0.25, -0.2) is 4.98 Å². The molecule has 1 aromatic heterocycles. The van der Waals surface area contributed by atoms with Gasteiger partial charge in [0.2, 0.25) is 11.8 Å². The van der Waals surface area contributed by atoms with E-state index in [9.17, 15) is 4.79 Å². The monoisotopic (exact) mass is 233 g/mol. The van der Waals surface area contributed by atoms with Crippen LogP contribution in [0.3, 0.4) is 0 Å². The molecule has 0 saturated carbocycles. The maximum atomic E-state index is 11.5. The van der Waals surface area contributed by atoms with Gasteiger partial charge < -0.3 is 10.1 Å². The van der Waals surface area contributed by atoms with E-state index in [0.29, 0.717) is 18.8 Å². The van der Waals surface area contributed by atoms with E-state index in [1.807, 2.05) is 19.1 Å². The summed E-state index contributed by atoms with van der Waals surface area (Å²) in [5, 5.41) is 11.4. The van der Waals surface area contributed by atoms with Crippen molar-refractivity contribution in [2.75, 3.05) is 7.11 Å². The summed E-state index contributed by atoms with van der Waals surface area (Å²) in [6, 6.07) is 5.50. The van der Waals surface area contributed by atoms with Gasteiger partial charge in [-0.15, -0.1) is 0 Å². The van der Waals surface area contributed by atoms with Gasteiger partial charge >= 0.3 is 0 Å². The van der Waals surface area contributed by atoms with Crippen LogP contribution >= 0.6 is 0 Å². The van der Waals surface area contributed by atoms with Crippen molar-refractivity contribution in [1.82, 2.24) is 10.3 Å². The molecule has 1 atom stereocenters. The van der Waals surface area contributed by atoms with Crippen molar-refractivity contribution in [2.45, 2.75) is 19.9 Å². The number of rotatable bonds is 5. The number of carbonyl (C=O) groups excluding carboxylic acids is 1. The molecule has 1 N–H and O–H groups in total. The number of aromatic nitrogens is 1. The van der Waals surface area contributed by atoms with Crippen molar-refractivity contribution in [1.29, 1.82) is 5.26 Å². The quantitative estimate of drug-likeness (QED) is 0.830. The van der Waals surface area contributed by atoms with Gasteiger partial charge in [-0.05, 0) is 12.0 Å². The fourth-order valence-corrected chi connectivity index (χ4v) is 1.28. The molecule has 0 radical (unpaired) electrons. The van der Waals surface area contributed by atoms with Crippen molar-refractivity contribution in [3.8, 4) is 11.9 Å². The number of hydrogen-bond donors (Lipinski definition) is 1. The first kappa shape index (κ1) is 13.0. The van der Waals surface area contributed by atoms with Crippen molar-refractivity contribution < 1.29 is 9.53 Å². The van der Waals surface area contributed by atoms with Crippen molar-refractivity contribution in [3.63, 3.8) is 0 Å². The van der Waals surface area contributed by atoms with Gasteiger partial charge in [0.25, 0.3) is 0 Å². The molecule has 0 aliphatic rings. The maximum absolute atomic E-state index is 11.5. The lowest BCUT2D eigenvalue weighted by Crippen LogP contribution is -2.29. The molecule has 1 heterocycles. The van der Waals surface area contributed by atoms with Crippen molar-refractivity contribution >= 4 is 5.91 Å². The summed E-state index contributed by atoms with van der Waals surface area (Å²) in [7, 11) is 1.54. The second kappa shape index (κ2) is 6.48. The van der Waals surface area contributed by atoms with Crippen LogP contribution in [0.4, 0.5) is 0 Å². The smallest absolute Gasteiger partial charge is 0.237 e. The van der Waals surface area contributed by atoms with Crippen LogP contribution in [0.15, 0.2) is 18.3 Å². The summed E-state index contributed by atoms with van der Waals surface area (Å²) in [6.45, 7) is 2.18. The average Bonchev–Trinajstić information content (AvgIpc) is 2.38. The SMILES string of the molecule is CCC(C#N)C(=O)NCc1ccc(OC)nc1. The Morgan fingerprint density at radius 3 is 2.88 bits per heavy atom. The molecule has 0 fully saturated rings. The first-order valence-electron chi connectivity index (χ1n) is 5.37. The molecule has 5 heteroatoms. The van der Waals surface area contributed by atoms with Gasteiger partial charge in [0.05, 0.1) is 13.2 Å². The normalized spacial score (nSPS) is 11.4. The highest BCUT2D eigenvalue weighted by Crippen LogP contribution is 2.07. The van der Waals surface area contributed by atoms with Crippen molar-refractivity contribution in [2.24, 2.45) is 5.92 Å². The van der Waals surface area contributed by atoms with Crippen LogP contribution in [0, 0.1) is 17.2 Å². The molecule has 1 rings (SSSR count). The molecule has 0 bridgehead atoms. The molecule has 0 spiro atoms. The van der Waals surface area contributed by atoms with Crippen LogP contribution in [-0.2, 0) is 11.3 Å². The lowest BCUT2D eigenvalue weighted by atomic mass is 10.1. The van der Waals surface area contributed by atoms with Crippen LogP contribution in [0.1, 0.15) is 18.9 Å². The number of nitrogens with zero attached hydrogens (tertiary/aromatic N) is 2. The van der Waals surface area contributed by atoms with Gasteiger partial charge in [-0.3, -0.25) is 4.79 Å². The number of pyridine rings is 1. The largest absolute Gasteiger partial charge is 0.481 e. The molecular weight excluding hydrogens is 218 g/mol. The van der Waals surface area contributed by atoms with E-state index in [0.717, 1.165) is 5.56 Å². The van der Waals surface area contributed by atoms with Crippen molar-refractivity contribution in [3.05, 3.63) is 23.9 Å². The van der Waals surface area contributed by atoms with E-state index in [1.54, 1.807) is 19.4 Å². The zero-order valence-corrected chi connectivity index (χ0v) is 9.93. The summed E-state index contributed by atoms with van der Waals surface area (Å²) < 4.78 is 4.93. The predicted octanol–water partition coefficient (Wildman–Crippen LogP) is 1.26. The lowest BCUT2D eigenvalue weighted by molar-refractivity contribution is -0.123. The molecule has 1 amide bonds. The summed E-state index contributed by atoms with van der Waals surface area (Å²) in [6.07, 6.45) is 2.15. The van der Waals surface area contributed by atoms with Gasteiger partial charge in [0, 0.05) is 18.8 Å². The highest BCUT2D eigenvalue weighted by atomic mass is 16.5. The minimum Gasteiger partial charge on any atom is -0.481 e. The number of nitrogens with one attached hydrogen (secondary N) is 1. The maximum Gasteiger partial charge on any atom is 0.237 e. The standard InChI is InChI=1S/C12H15N3O2/c1-3-10(6-13)12(16)15-8-9-4-5-11(17-2)14-7-9/h4-5,7,10H,3,8H2,1-2H3,(H,15,16). The number of hydrogen-bond acceptors (Lipinski definition) is 4. The number of nitriles is 1. The summed E-state index contributed by atoms with van der Waals surface area (Å²) in [5.74, 6) is -0.296. The number of methoxy groups -OCH3 is 1. The Bertz CT molecular complexity index is 409.